The van der Waals surface area contributed by atoms with Crippen LogP contribution in [0.25, 0.3) is 0 Å². The van der Waals surface area contributed by atoms with E-state index in [2.05, 4.69) is 0 Å². The summed E-state index contributed by atoms with van der Waals surface area (Å²) in [7, 11) is 0. The first kappa shape index (κ1) is 24.0. The van der Waals surface area contributed by atoms with Crippen LogP contribution in [0.5, 0.6) is 0 Å². The summed E-state index contributed by atoms with van der Waals surface area (Å²) in [5.74, 6) is -57.4. The van der Waals surface area contributed by atoms with Crippen molar-refractivity contribution in [2.24, 2.45) is 0 Å². The average molecular weight is 496 g/mol. The van der Waals surface area contributed by atoms with Crippen molar-refractivity contribution in [2.75, 3.05) is 0 Å². The van der Waals surface area contributed by atoms with Crippen molar-refractivity contribution in [2.45, 2.75) is 23.7 Å². The van der Waals surface area contributed by atoms with Gasteiger partial charge in [0.2, 0.25) is 0 Å². The second kappa shape index (κ2) is 6.43. The van der Waals surface area contributed by atoms with Crippen LogP contribution in [0.2, 0.25) is 0 Å². The van der Waals surface area contributed by atoms with E-state index in [1.165, 1.54) is 0 Å². The first-order valence-electron chi connectivity index (χ1n) is 7.52. The minimum atomic E-state index is -6.82. The molecule has 4 aliphatic rings. The van der Waals surface area contributed by atoms with Crippen molar-refractivity contribution < 1.29 is 70.2 Å². The molecule has 0 N–H and O–H groups in total. The predicted octanol–water partition coefficient (Wildman–Crippen LogP) is 6.88. The van der Waals surface area contributed by atoms with E-state index in [9.17, 15) is 70.2 Å². The van der Waals surface area contributed by atoms with Crippen LogP contribution < -0.4 is 0 Å². The van der Waals surface area contributed by atoms with Gasteiger partial charge in [0.05, 0.1) is 0 Å². The highest BCUT2D eigenvalue weighted by atomic mass is 19.3. The van der Waals surface area contributed by atoms with Crippen molar-refractivity contribution in [3.63, 3.8) is 0 Å². The topological polar surface area (TPSA) is 0 Å². The van der Waals surface area contributed by atoms with Crippen LogP contribution >= 0.6 is 0 Å². The van der Waals surface area contributed by atoms with E-state index in [1.807, 2.05) is 0 Å². The highest BCUT2D eigenvalue weighted by molar-refractivity contribution is 5.44. The summed E-state index contributed by atoms with van der Waals surface area (Å²) < 4.78 is 226. The number of alkyl halides is 8. The molecule has 32 heavy (non-hydrogen) atoms. The fourth-order valence-corrected chi connectivity index (χ4v) is 2.99. The molecular weight excluding hydrogens is 496 g/mol. The Balaban J connectivity index is 2.76. The van der Waals surface area contributed by atoms with Crippen LogP contribution in [0.3, 0.4) is 0 Å². The molecule has 0 nitrogen and oxygen atoms in total. The normalized spacial score (nSPS) is 20.2. The van der Waals surface area contributed by atoms with Crippen molar-refractivity contribution in [3.05, 3.63) is 68.8 Å². The third-order valence-electron chi connectivity index (χ3n) is 4.57. The zero-order valence-corrected chi connectivity index (χ0v) is 14.0. The Bertz CT molecular complexity index is 922. The molecule has 2 aromatic rings. The highest BCUT2D eigenvalue weighted by Gasteiger charge is 2.70. The number of rotatable bonds is 0. The SMILES string of the molecule is Fc1c(F)c2c(F)c(F)c1C(F)(F)C(F)(F)c1c(F)c(F)c(c(F)c1F)C(F)(F)C2(F)F. The fraction of sp³-hybridized carbons (Fsp3) is 0.250. The summed E-state index contributed by atoms with van der Waals surface area (Å²) in [6.07, 6.45) is 0. The number of hydrogen-bond acceptors (Lipinski definition) is 0. The van der Waals surface area contributed by atoms with Gasteiger partial charge in [0, 0.05) is 0 Å². The van der Waals surface area contributed by atoms with E-state index in [0.29, 0.717) is 0 Å². The molecule has 0 saturated carbocycles. The van der Waals surface area contributed by atoms with Gasteiger partial charge < -0.3 is 0 Å². The molecule has 0 amide bonds. The number of halogens is 16. The van der Waals surface area contributed by atoms with Gasteiger partial charge >= 0.3 is 23.7 Å². The molecule has 0 fully saturated rings. The molecule has 4 aliphatic carbocycles. The Labute approximate surface area is 164 Å². The van der Waals surface area contributed by atoms with Crippen molar-refractivity contribution in [1.82, 2.24) is 0 Å². The van der Waals surface area contributed by atoms with Crippen molar-refractivity contribution in [3.8, 4) is 0 Å². The fourth-order valence-electron chi connectivity index (χ4n) is 2.99. The molecule has 2 aromatic carbocycles. The van der Waals surface area contributed by atoms with E-state index < -0.39 is 92.5 Å². The second-order valence-corrected chi connectivity index (χ2v) is 6.31. The van der Waals surface area contributed by atoms with Gasteiger partial charge in [-0.3, -0.25) is 0 Å². The molecule has 0 aromatic heterocycles. The summed E-state index contributed by atoms with van der Waals surface area (Å²) in [6.45, 7) is 0. The lowest BCUT2D eigenvalue weighted by atomic mass is 9.86. The van der Waals surface area contributed by atoms with E-state index in [4.69, 9.17) is 0 Å². The molecule has 0 saturated heterocycles. The minimum absolute atomic E-state index is 3.77. The minimum Gasteiger partial charge on any atom is -0.203 e. The van der Waals surface area contributed by atoms with Gasteiger partial charge in [0.1, 0.15) is 22.3 Å². The Hall–Kier alpha value is -2.68. The smallest absolute Gasteiger partial charge is 0.203 e. The third kappa shape index (κ3) is 2.48. The molecular formula is C16F16. The Morgan fingerprint density at radius 2 is 0.344 bits per heavy atom. The maximum atomic E-state index is 14.2. The van der Waals surface area contributed by atoms with Gasteiger partial charge in [-0.05, 0) is 0 Å². The first-order chi connectivity index (χ1) is 14.3. The summed E-state index contributed by atoms with van der Waals surface area (Å²) in [5.41, 5.74) is -15.1. The van der Waals surface area contributed by atoms with Gasteiger partial charge in [-0.25, -0.2) is 35.1 Å². The molecule has 0 aliphatic heterocycles. The molecule has 0 radical (unpaired) electrons. The summed E-state index contributed by atoms with van der Waals surface area (Å²) in [6, 6.07) is 0. The van der Waals surface area contributed by atoms with Gasteiger partial charge in [0.15, 0.2) is 46.5 Å². The predicted molar refractivity (Wildman–Crippen MR) is 68.1 cm³/mol. The molecule has 0 heterocycles. The summed E-state index contributed by atoms with van der Waals surface area (Å²) in [5, 5.41) is 0. The van der Waals surface area contributed by atoms with E-state index in [0.717, 1.165) is 0 Å². The maximum Gasteiger partial charge on any atom is 0.345 e. The standard InChI is InChI=1S/C16F16/c17-5-1-6(18)8(20)2(7(5)19)15(29,30)16(31,32)4-11(23)9(21)3(10(22)12(4)24)14(27,28)13(1,25)26. The van der Waals surface area contributed by atoms with Gasteiger partial charge in [-0.2, -0.15) is 35.1 Å². The highest BCUT2D eigenvalue weighted by Crippen LogP contribution is 2.58. The lowest BCUT2D eigenvalue weighted by molar-refractivity contribution is -0.236. The van der Waals surface area contributed by atoms with E-state index in [-0.39, 0.29) is 0 Å². The molecule has 176 valence electrons. The lowest BCUT2D eigenvalue weighted by Crippen LogP contribution is -2.44. The van der Waals surface area contributed by atoms with Crippen LogP contribution in [0.15, 0.2) is 0 Å². The Morgan fingerprint density at radius 1 is 0.250 bits per heavy atom. The summed E-state index contributed by atoms with van der Waals surface area (Å²) >= 11 is 0. The number of benzene rings is 2. The molecule has 4 bridgehead atoms. The van der Waals surface area contributed by atoms with Gasteiger partial charge in [-0.15, -0.1) is 0 Å². The van der Waals surface area contributed by atoms with Crippen LogP contribution in [0.1, 0.15) is 22.3 Å². The molecule has 0 spiro atoms. The lowest BCUT2D eigenvalue weighted by Gasteiger charge is -2.33. The Kier molecular flexibility index (Phi) is 4.82. The largest absolute Gasteiger partial charge is 0.345 e. The van der Waals surface area contributed by atoms with E-state index in [1.54, 1.807) is 0 Å². The zero-order valence-electron chi connectivity index (χ0n) is 14.0. The van der Waals surface area contributed by atoms with Crippen LogP contribution in [-0.4, -0.2) is 0 Å². The maximum absolute atomic E-state index is 14.2. The quantitative estimate of drug-likeness (QED) is 0.276. The zero-order chi connectivity index (χ0) is 24.9. The first-order valence-corrected chi connectivity index (χ1v) is 7.52. The van der Waals surface area contributed by atoms with Crippen LogP contribution in [0, 0.1) is 46.5 Å². The van der Waals surface area contributed by atoms with E-state index >= 15 is 0 Å². The molecule has 16 heteroatoms. The number of hydrogen-bond donors (Lipinski definition) is 0. The Morgan fingerprint density at radius 3 is 0.438 bits per heavy atom. The molecule has 6 rings (SSSR count). The molecule has 0 unspecified atom stereocenters. The van der Waals surface area contributed by atoms with Gasteiger partial charge in [0.25, 0.3) is 0 Å². The van der Waals surface area contributed by atoms with Crippen LogP contribution in [-0.2, 0) is 23.7 Å². The van der Waals surface area contributed by atoms with Gasteiger partial charge in [-0.1, -0.05) is 0 Å². The third-order valence-corrected chi connectivity index (χ3v) is 4.57. The molecule has 0 atom stereocenters. The monoisotopic (exact) mass is 496 g/mol. The average Bonchev–Trinajstić information content (AvgIpc) is 2.64. The van der Waals surface area contributed by atoms with Crippen molar-refractivity contribution >= 4 is 0 Å². The van der Waals surface area contributed by atoms with Crippen molar-refractivity contribution in [1.29, 1.82) is 0 Å². The summed E-state index contributed by atoms with van der Waals surface area (Å²) in [4.78, 5) is 0. The second-order valence-electron chi connectivity index (χ2n) is 6.31. The van der Waals surface area contributed by atoms with Crippen LogP contribution in [0.4, 0.5) is 70.2 Å².